The number of aliphatic carboxylic acids is 1. The van der Waals surface area contributed by atoms with Crippen LogP contribution in [0.25, 0.3) is 0 Å². The molecule has 2 rings (SSSR count). The predicted molar refractivity (Wildman–Crippen MR) is 65.7 cm³/mol. The number of carbonyl (C=O) groups is 1. The molecular formula is C12H12Cl2O3. The molecule has 1 N–H and O–H groups in total. The van der Waals surface area contributed by atoms with Crippen LogP contribution in [0.3, 0.4) is 0 Å². The van der Waals surface area contributed by atoms with E-state index in [4.69, 9.17) is 27.9 Å². The summed E-state index contributed by atoms with van der Waals surface area (Å²) >= 11 is 12.1. The minimum atomic E-state index is -0.894. The molecule has 1 fully saturated rings. The first-order valence-electron chi connectivity index (χ1n) is 5.29. The van der Waals surface area contributed by atoms with E-state index in [-0.39, 0.29) is 6.61 Å². The molecule has 0 amide bonds. The molecule has 1 aromatic rings. The van der Waals surface area contributed by atoms with Gasteiger partial charge >= 0.3 is 5.97 Å². The first-order valence-corrected chi connectivity index (χ1v) is 6.05. The Kier molecular flexibility index (Phi) is 3.61. The molecule has 0 saturated carbocycles. The van der Waals surface area contributed by atoms with Crippen LogP contribution in [0.2, 0.25) is 10.0 Å². The average molecular weight is 275 g/mol. The van der Waals surface area contributed by atoms with Gasteiger partial charge in [-0.3, -0.25) is 4.79 Å². The number of benzene rings is 1. The lowest BCUT2D eigenvalue weighted by Crippen LogP contribution is -2.34. The van der Waals surface area contributed by atoms with Crippen LogP contribution in [0, 0.1) is 5.41 Å². The monoisotopic (exact) mass is 274 g/mol. The summed E-state index contributed by atoms with van der Waals surface area (Å²) in [5, 5.41) is 10.3. The third-order valence-corrected chi connectivity index (χ3v) is 3.84. The Hall–Kier alpha value is -0.770. The fourth-order valence-corrected chi connectivity index (χ4v) is 2.56. The molecule has 1 atom stereocenters. The average Bonchev–Trinajstić information content (AvgIpc) is 2.73. The molecule has 0 aromatic heterocycles. The van der Waals surface area contributed by atoms with E-state index in [1.807, 2.05) is 0 Å². The molecule has 1 heterocycles. The highest BCUT2D eigenvalue weighted by molar-refractivity contribution is 6.36. The van der Waals surface area contributed by atoms with Crippen LogP contribution in [-0.4, -0.2) is 24.3 Å². The number of ether oxygens (including phenoxy) is 1. The van der Waals surface area contributed by atoms with Crippen LogP contribution < -0.4 is 0 Å². The van der Waals surface area contributed by atoms with Gasteiger partial charge in [0.2, 0.25) is 0 Å². The highest BCUT2D eigenvalue weighted by Gasteiger charge is 2.43. The summed E-state index contributed by atoms with van der Waals surface area (Å²) in [5.41, 5.74) is -0.210. The van der Waals surface area contributed by atoms with Crippen LogP contribution in [0.1, 0.15) is 12.0 Å². The van der Waals surface area contributed by atoms with E-state index in [0.29, 0.717) is 35.1 Å². The van der Waals surface area contributed by atoms with Crippen molar-refractivity contribution >= 4 is 29.2 Å². The first-order chi connectivity index (χ1) is 8.05. The van der Waals surface area contributed by atoms with Crippen molar-refractivity contribution in [1.29, 1.82) is 0 Å². The SMILES string of the molecule is O=C(O)C1(Cc2c(Cl)cccc2Cl)CCOC1. The molecule has 17 heavy (non-hydrogen) atoms. The zero-order valence-corrected chi connectivity index (χ0v) is 10.6. The molecule has 3 nitrogen and oxygen atoms in total. The lowest BCUT2D eigenvalue weighted by atomic mass is 9.81. The standard InChI is InChI=1S/C12H12Cl2O3/c13-9-2-1-3-10(14)8(9)6-12(11(15)16)4-5-17-7-12/h1-3H,4-7H2,(H,15,16). The maximum atomic E-state index is 11.4. The quantitative estimate of drug-likeness (QED) is 0.922. The van der Waals surface area contributed by atoms with Crippen molar-refractivity contribution < 1.29 is 14.6 Å². The second-order valence-electron chi connectivity index (χ2n) is 4.27. The van der Waals surface area contributed by atoms with Crippen molar-refractivity contribution in [3.05, 3.63) is 33.8 Å². The van der Waals surface area contributed by atoms with Gasteiger partial charge in [-0.2, -0.15) is 0 Å². The first kappa shape index (κ1) is 12.7. The van der Waals surface area contributed by atoms with Crippen molar-refractivity contribution in [3.8, 4) is 0 Å². The number of rotatable bonds is 3. The van der Waals surface area contributed by atoms with Crippen molar-refractivity contribution in [2.24, 2.45) is 5.41 Å². The van der Waals surface area contributed by atoms with Gasteiger partial charge in [0.05, 0.1) is 12.0 Å². The van der Waals surface area contributed by atoms with E-state index in [1.165, 1.54) is 0 Å². The van der Waals surface area contributed by atoms with Crippen LogP contribution in [0.5, 0.6) is 0 Å². The summed E-state index contributed by atoms with van der Waals surface area (Å²) in [5.74, 6) is -0.856. The van der Waals surface area contributed by atoms with Crippen LogP contribution in [0.4, 0.5) is 0 Å². The summed E-state index contributed by atoms with van der Waals surface area (Å²) in [7, 11) is 0. The van der Waals surface area contributed by atoms with Crippen molar-refractivity contribution in [1.82, 2.24) is 0 Å². The summed E-state index contributed by atoms with van der Waals surface area (Å²) in [6.07, 6.45) is 0.796. The zero-order valence-electron chi connectivity index (χ0n) is 9.08. The number of halogens is 2. The van der Waals surface area contributed by atoms with Gasteiger partial charge in [0.25, 0.3) is 0 Å². The highest BCUT2D eigenvalue weighted by atomic mass is 35.5. The van der Waals surface area contributed by atoms with Crippen LogP contribution >= 0.6 is 23.2 Å². The minimum absolute atomic E-state index is 0.212. The Morgan fingerprint density at radius 1 is 1.41 bits per heavy atom. The molecule has 1 saturated heterocycles. The van der Waals surface area contributed by atoms with Gasteiger partial charge in [-0.15, -0.1) is 0 Å². The van der Waals surface area contributed by atoms with Crippen LogP contribution in [0.15, 0.2) is 18.2 Å². The second kappa shape index (κ2) is 4.84. The van der Waals surface area contributed by atoms with Crippen LogP contribution in [-0.2, 0) is 16.0 Å². The Balaban J connectivity index is 2.33. The Bertz CT molecular complexity index is 419. The topological polar surface area (TPSA) is 46.5 Å². The number of hydrogen-bond acceptors (Lipinski definition) is 2. The minimum Gasteiger partial charge on any atom is -0.481 e. The van der Waals surface area contributed by atoms with E-state index in [9.17, 15) is 9.90 Å². The molecule has 0 spiro atoms. The molecule has 1 aliphatic heterocycles. The largest absolute Gasteiger partial charge is 0.481 e. The maximum absolute atomic E-state index is 11.4. The van der Waals surface area contributed by atoms with E-state index < -0.39 is 11.4 Å². The van der Waals surface area contributed by atoms with E-state index in [2.05, 4.69) is 0 Å². The van der Waals surface area contributed by atoms with Gasteiger partial charge in [0.15, 0.2) is 0 Å². The predicted octanol–water partition coefficient (Wildman–Crippen LogP) is 3.03. The number of hydrogen-bond donors (Lipinski definition) is 1. The fourth-order valence-electron chi connectivity index (χ4n) is 2.03. The third-order valence-electron chi connectivity index (χ3n) is 3.13. The molecule has 0 radical (unpaired) electrons. The number of carboxylic acids is 1. The van der Waals surface area contributed by atoms with Crippen molar-refractivity contribution in [3.63, 3.8) is 0 Å². The normalized spacial score (nSPS) is 23.9. The third kappa shape index (κ3) is 2.41. The Morgan fingerprint density at radius 3 is 2.53 bits per heavy atom. The van der Waals surface area contributed by atoms with E-state index >= 15 is 0 Å². The van der Waals surface area contributed by atoms with Gasteiger partial charge in [0.1, 0.15) is 0 Å². The summed E-state index contributed by atoms with van der Waals surface area (Å²) in [4.78, 5) is 11.4. The Labute approximate surface area is 109 Å². The maximum Gasteiger partial charge on any atom is 0.312 e. The van der Waals surface area contributed by atoms with E-state index in [0.717, 1.165) is 0 Å². The second-order valence-corrected chi connectivity index (χ2v) is 5.08. The zero-order chi connectivity index (χ0) is 12.5. The van der Waals surface area contributed by atoms with Gasteiger partial charge in [-0.1, -0.05) is 29.3 Å². The molecule has 1 unspecified atom stereocenters. The van der Waals surface area contributed by atoms with Gasteiger partial charge in [0, 0.05) is 16.7 Å². The van der Waals surface area contributed by atoms with Gasteiger partial charge in [-0.25, -0.2) is 0 Å². The fraction of sp³-hybridized carbons (Fsp3) is 0.417. The van der Waals surface area contributed by atoms with E-state index in [1.54, 1.807) is 18.2 Å². The summed E-state index contributed by atoms with van der Waals surface area (Å²) in [6, 6.07) is 5.18. The lowest BCUT2D eigenvalue weighted by molar-refractivity contribution is -0.148. The molecule has 0 bridgehead atoms. The summed E-state index contributed by atoms with van der Waals surface area (Å²) < 4.78 is 5.21. The molecular weight excluding hydrogens is 263 g/mol. The molecule has 92 valence electrons. The summed E-state index contributed by atoms with van der Waals surface area (Å²) in [6.45, 7) is 0.679. The number of carboxylic acid groups (broad SMARTS) is 1. The van der Waals surface area contributed by atoms with Gasteiger partial charge in [-0.05, 0) is 30.5 Å². The Morgan fingerprint density at radius 2 is 2.06 bits per heavy atom. The smallest absolute Gasteiger partial charge is 0.312 e. The molecule has 1 aliphatic rings. The van der Waals surface area contributed by atoms with Gasteiger partial charge < -0.3 is 9.84 Å². The highest BCUT2D eigenvalue weighted by Crippen LogP contribution is 2.37. The van der Waals surface area contributed by atoms with Crippen molar-refractivity contribution in [2.45, 2.75) is 12.8 Å². The molecule has 0 aliphatic carbocycles. The molecule has 1 aromatic carbocycles. The lowest BCUT2D eigenvalue weighted by Gasteiger charge is -2.23. The van der Waals surface area contributed by atoms with Crippen molar-refractivity contribution in [2.75, 3.05) is 13.2 Å². The molecule has 5 heteroatoms.